The SMILES string of the molecule is COC(=O)/C(=C/C(=O)c1ccccc1)NN=C(c1ccccc1)c1ccccc1. The molecule has 0 aliphatic heterocycles. The van der Waals surface area contributed by atoms with Crippen LogP contribution in [0.15, 0.2) is 108 Å². The van der Waals surface area contributed by atoms with E-state index < -0.39 is 5.97 Å². The molecule has 3 aromatic carbocycles. The Hall–Kier alpha value is -3.99. The van der Waals surface area contributed by atoms with Crippen molar-refractivity contribution in [2.75, 3.05) is 7.11 Å². The second-order valence-corrected chi connectivity index (χ2v) is 6.08. The molecule has 3 aromatic rings. The number of carbonyl (C=O) groups excluding carboxylic acids is 2. The van der Waals surface area contributed by atoms with Gasteiger partial charge >= 0.3 is 5.97 Å². The molecule has 5 heteroatoms. The Morgan fingerprint density at radius 1 is 0.759 bits per heavy atom. The van der Waals surface area contributed by atoms with Crippen molar-refractivity contribution in [1.82, 2.24) is 5.43 Å². The normalized spacial score (nSPS) is 10.7. The van der Waals surface area contributed by atoms with Crippen LogP contribution >= 0.6 is 0 Å². The third-order valence-electron chi connectivity index (χ3n) is 4.12. The van der Waals surface area contributed by atoms with Crippen molar-refractivity contribution in [3.05, 3.63) is 119 Å². The molecule has 0 spiro atoms. The van der Waals surface area contributed by atoms with Crippen molar-refractivity contribution < 1.29 is 14.3 Å². The molecule has 0 fully saturated rings. The van der Waals surface area contributed by atoms with Crippen LogP contribution in [-0.4, -0.2) is 24.6 Å². The summed E-state index contributed by atoms with van der Waals surface area (Å²) in [5, 5.41) is 4.43. The molecule has 3 rings (SSSR count). The molecule has 0 amide bonds. The maximum atomic E-state index is 12.5. The standard InChI is InChI=1S/C24H20N2O3/c1-29-24(28)21(17-22(27)18-11-5-2-6-12-18)25-26-23(19-13-7-3-8-14-19)20-15-9-4-10-16-20/h2-17,25H,1H3/b21-17-. The highest BCUT2D eigenvalue weighted by Crippen LogP contribution is 2.11. The van der Waals surface area contributed by atoms with Gasteiger partial charge in [-0.1, -0.05) is 91.0 Å². The van der Waals surface area contributed by atoms with Gasteiger partial charge in [0.15, 0.2) is 5.78 Å². The molecule has 0 unspecified atom stereocenters. The average molecular weight is 384 g/mol. The second kappa shape index (κ2) is 9.80. The molecular formula is C24H20N2O3. The summed E-state index contributed by atoms with van der Waals surface area (Å²) in [6.07, 6.45) is 1.19. The Bertz CT molecular complexity index is 986. The van der Waals surface area contributed by atoms with Crippen molar-refractivity contribution in [3.63, 3.8) is 0 Å². The lowest BCUT2D eigenvalue weighted by Crippen LogP contribution is -2.21. The van der Waals surface area contributed by atoms with E-state index in [0.29, 0.717) is 11.3 Å². The number of nitrogens with one attached hydrogen (secondary N) is 1. The maximum Gasteiger partial charge on any atom is 0.356 e. The van der Waals surface area contributed by atoms with Gasteiger partial charge in [-0.3, -0.25) is 10.2 Å². The molecule has 0 aromatic heterocycles. The minimum atomic E-state index is -0.682. The largest absolute Gasteiger partial charge is 0.464 e. The molecule has 0 aliphatic carbocycles. The summed E-state index contributed by atoms with van der Waals surface area (Å²) < 4.78 is 4.80. The van der Waals surface area contributed by atoms with E-state index in [9.17, 15) is 9.59 Å². The molecule has 5 nitrogen and oxygen atoms in total. The first-order valence-electron chi connectivity index (χ1n) is 9.03. The zero-order chi connectivity index (χ0) is 20.5. The van der Waals surface area contributed by atoms with Gasteiger partial charge in [0, 0.05) is 22.8 Å². The van der Waals surface area contributed by atoms with Crippen molar-refractivity contribution in [1.29, 1.82) is 0 Å². The number of benzene rings is 3. The molecule has 0 atom stereocenters. The smallest absolute Gasteiger partial charge is 0.356 e. The number of ketones is 1. The van der Waals surface area contributed by atoms with E-state index in [1.54, 1.807) is 24.3 Å². The first-order chi connectivity index (χ1) is 14.2. The van der Waals surface area contributed by atoms with Crippen LogP contribution in [0.3, 0.4) is 0 Å². The highest BCUT2D eigenvalue weighted by molar-refractivity contribution is 6.13. The van der Waals surface area contributed by atoms with Crippen molar-refractivity contribution in [2.45, 2.75) is 0 Å². The number of hydrogen-bond acceptors (Lipinski definition) is 5. The number of nitrogens with zero attached hydrogens (tertiary/aromatic N) is 1. The zero-order valence-corrected chi connectivity index (χ0v) is 15.9. The van der Waals surface area contributed by atoms with E-state index in [-0.39, 0.29) is 11.5 Å². The summed E-state index contributed by atoms with van der Waals surface area (Å²) in [6.45, 7) is 0. The lowest BCUT2D eigenvalue weighted by molar-refractivity contribution is -0.136. The van der Waals surface area contributed by atoms with E-state index in [0.717, 1.165) is 11.1 Å². The van der Waals surface area contributed by atoms with E-state index >= 15 is 0 Å². The number of rotatable bonds is 7. The number of ether oxygens (including phenoxy) is 1. The molecule has 0 bridgehead atoms. The summed E-state index contributed by atoms with van der Waals surface area (Å²) in [6, 6.07) is 27.8. The Balaban J connectivity index is 1.96. The minimum Gasteiger partial charge on any atom is -0.464 e. The van der Waals surface area contributed by atoms with Crippen LogP contribution < -0.4 is 5.43 Å². The Kier molecular flexibility index (Phi) is 6.68. The van der Waals surface area contributed by atoms with Gasteiger partial charge in [-0.25, -0.2) is 4.79 Å². The topological polar surface area (TPSA) is 67.8 Å². The molecule has 0 saturated carbocycles. The van der Waals surface area contributed by atoms with Crippen LogP contribution in [0.2, 0.25) is 0 Å². The summed E-state index contributed by atoms with van der Waals surface area (Å²) in [7, 11) is 1.25. The fourth-order valence-corrected chi connectivity index (χ4v) is 2.67. The van der Waals surface area contributed by atoms with E-state index in [1.165, 1.54) is 13.2 Å². The molecule has 29 heavy (non-hydrogen) atoms. The van der Waals surface area contributed by atoms with Gasteiger partial charge in [0.2, 0.25) is 0 Å². The van der Waals surface area contributed by atoms with E-state index in [4.69, 9.17) is 4.74 Å². The summed E-state index contributed by atoms with van der Waals surface area (Å²) >= 11 is 0. The zero-order valence-electron chi connectivity index (χ0n) is 15.9. The van der Waals surface area contributed by atoms with Crippen LogP contribution in [-0.2, 0) is 9.53 Å². The van der Waals surface area contributed by atoms with Gasteiger partial charge < -0.3 is 4.74 Å². The molecule has 0 radical (unpaired) electrons. The lowest BCUT2D eigenvalue weighted by atomic mass is 10.0. The number of methoxy groups -OCH3 is 1. The molecule has 1 N–H and O–H groups in total. The average Bonchev–Trinajstić information content (AvgIpc) is 2.79. The predicted molar refractivity (Wildman–Crippen MR) is 113 cm³/mol. The molecule has 0 saturated heterocycles. The van der Waals surface area contributed by atoms with Crippen molar-refractivity contribution in [3.8, 4) is 0 Å². The van der Waals surface area contributed by atoms with Crippen LogP contribution in [0.4, 0.5) is 0 Å². The van der Waals surface area contributed by atoms with E-state index in [1.807, 2.05) is 66.7 Å². The Morgan fingerprint density at radius 2 is 1.21 bits per heavy atom. The van der Waals surface area contributed by atoms with Crippen LogP contribution in [0, 0.1) is 0 Å². The summed E-state index contributed by atoms with van der Waals surface area (Å²) in [4.78, 5) is 24.7. The third kappa shape index (κ3) is 5.26. The fourth-order valence-electron chi connectivity index (χ4n) is 2.67. The second-order valence-electron chi connectivity index (χ2n) is 6.08. The highest BCUT2D eigenvalue weighted by Gasteiger charge is 2.14. The fraction of sp³-hybridized carbons (Fsp3) is 0.0417. The summed E-state index contributed by atoms with van der Waals surface area (Å²) in [5.74, 6) is -1.01. The van der Waals surface area contributed by atoms with Crippen molar-refractivity contribution in [2.24, 2.45) is 5.10 Å². The quantitative estimate of drug-likeness (QED) is 0.220. The molecule has 0 heterocycles. The van der Waals surface area contributed by atoms with Crippen LogP contribution in [0.25, 0.3) is 0 Å². The van der Waals surface area contributed by atoms with Crippen LogP contribution in [0.5, 0.6) is 0 Å². The van der Waals surface area contributed by atoms with Gasteiger partial charge in [0.25, 0.3) is 0 Å². The predicted octanol–water partition coefficient (Wildman–Crippen LogP) is 3.97. The number of carbonyl (C=O) groups is 2. The number of allylic oxidation sites excluding steroid dienone is 1. The van der Waals surface area contributed by atoms with E-state index in [2.05, 4.69) is 10.5 Å². The Labute approximate surface area is 169 Å². The molecule has 144 valence electrons. The number of hydrazone groups is 1. The van der Waals surface area contributed by atoms with Gasteiger partial charge in [0.1, 0.15) is 5.70 Å². The maximum absolute atomic E-state index is 12.5. The first kappa shape index (κ1) is 19.8. The molecule has 0 aliphatic rings. The first-order valence-corrected chi connectivity index (χ1v) is 9.03. The lowest BCUT2D eigenvalue weighted by Gasteiger charge is -2.10. The number of hydrogen-bond donors (Lipinski definition) is 1. The monoisotopic (exact) mass is 384 g/mol. The van der Waals surface area contributed by atoms with Crippen molar-refractivity contribution >= 4 is 17.5 Å². The molecular weight excluding hydrogens is 364 g/mol. The van der Waals surface area contributed by atoms with Gasteiger partial charge in [0.05, 0.1) is 12.8 Å². The highest BCUT2D eigenvalue weighted by atomic mass is 16.5. The van der Waals surface area contributed by atoms with Gasteiger partial charge in [-0.15, -0.1) is 0 Å². The summed E-state index contributed by atoms with van der Waals surface area (Å²) in [5.41, 5.74) is 5.50. The minimum absolute atomic E-state index is 0.0503. The van der Waals surface area contributed by atoms with Crippen LogP contribution in [0.1, 0.15) is 21.5 Å². The third-order valence-corrected chi connectivity index (χ3v) is 4.12. The van der Waals surface area contributed by atoms with Gasteiger partial charge in [-0.2, -0.15) is 5.10 Å². The Morgan fingerprint density at radius 3 is 1.66 bits per heavy atom. The van der Waals surface area contributed by atoms with Gasteiger partial charge in [-0.05, 0) is 0 Å². The number of esters is 1.